The third-order valence-electron chi connectivity index (χ3n) is 2.42. The number of imide groups is 1. The fraction of sp³-hybridized carbons (Fsp3) is 0.700. The molecule has 0 spiro atoms. The first-order chi connectivity index (χ1) is 7.10. The van der Waals surface area contributed by atoms with Crippen LogP contribution < -0.4 is 5.32 Å². The van der Waals surface area contributed by atoms with E-state index in [-0.39, 0.29) is 30.6 Å². The molecule has 0 radical (unpaired) electrons. The first-order valence-corrected chi connectivity index (χ1v) is 5.19. The third kappa shape index (κ3) is 2.62. The molecule has 15 heavy (non-hydrogen) atoms. The van der Waals surface area contributed by atoms with Crippen LogP contribution in [-0.2, 0) is 14.4 Å². The Morgan fingerprint density at radius 1 is 1.47 bits per heavy atom. The molecule has 1 aliphatic heterocycles. The third-order valence-corrected chi connectivity index (χ3v) is 2.42. The Balaban J connectivity index is 2.62. The van der Waals surface area contributed by atoms with E-state index in [1.807, 2.05) is 6.92 Å². The lowest BCUT2D eigenvalue weighted by molar-refractivity contribution is -0.142. The highest BCUT2D eigenvalue weighted by Gasteiger charge is 2.38. The second-order valence-electron chi connectivity index (χ2n) is 3.52. The molecule has 5 heteroatoms. The maximum Gasteiger partial charge on any atom is 0.247 e. The Morgan fingerprint density at radius 2 is 2.13 bits per heavy atom. The molecule has 0 aliphatic carbocycles. The van der Waals surface area contributed by atoms with Crippen molar-refractivity contribution in [3.8, 4) is 0 Å². The summed E-state index contributed by atoms with van der Waals surface area (Å²) in [5.74, 6) is -0.620. The van der Waals surface area contributed by atoms with Gasteiger partial charge in [0, 0.05) is 6.42 Å². The fourth-order valence-electron chi connectivity index (χ4n) is 1.54. The number of rotatable bonds is 5. The highest BCUT2D eigenvalue weighted by atomic mass is 16.2. The van der Waals surface area contributed by atoms with E-state index in [0.29, 0.717) is 13.0 Å². The molecule has 1 N–H and O–H groups in total. The van der Waals surface area contributed by atoms with Gasteiger partial charge < -0.3 is 5.32 Å². The average molecular weight is 212 g/mol. The van der Waals surface area contributed by atoms with E-state index in [4.69, 9.17) is 0 Å². The van der Waals surface area contributed by atoms with Crippen molar-refractivity contribution in [3.05, 3.63) is 0 Å². The van der Waals surface area contributed by atoms with Crippen LogP contribution in [0, 0.1) is 0 Å². The molecule has 0 bridgehead atoms. The Kier molecular flexibility index (Phi) is 3.96. The molecule has 2 amide bonds. The number of likely N-dealkylation sites (tertiary alicyclic amines) is 1. The number of hydrogen-bond acceptors (Lipinski definition) is 4. The van der Waals surface area contributed by atoms with Crippen molar-refractivity contribution >= 4 is 17.6 Å². The minimum atomic E-state index is -0.438. The summed E-state index contributed by atoms with van der Waals surface area (Å²) in [6, 6.07) is -0.438. The maximum atomic E-state index is 11.6. The normalized spacial score (nSPS) is 21.2. The summed E-state index contributed by atoms with van der Waals surface area (Å²) < 4.78 is 0. The lowest BCUT2D eigenvalue weighted by Gasteiger charge is -2.13. The zero-order valence-corrected chi connectivity index (χ0v) is 9.08. The topological polar surface area (TPSA) is 66.5 Å². The molecular formula is C10H16N2O3. The molecule has 1 fully saturated rings. The lowest BCUT2D eigenvalue weighted by atomic mass is 10.2. The number of carbonyl (C=O) groups excluding carboxylic acids is 3. The van der Waals surface area contributed by atoms with E-state index in [9.17, 15) is 14.4 Å². The molecule has 5 nitrogen and oxygen atoms in total. The highest BCUT2D eigenvalue weighted by Crippen LogP contribution is 2.12. The van der Waals surface area contributed by atoms with Crippen molar-refractivity contribution in [1.29, 1.82) is 0 Å². The Morgan fingerprint density at radius 3 is 2.67 bits per heavy atom. The zero-order valence-electron chi connectivity index (χ0n) is 9.08. The number of ketones is 1. The predicted molar refractivity (Wildman–Crippen MR) is 54.1 cm³/mol. The van der Waals surface area contributed by atoms with Gasteiger partial charge in [0.25, 0.3) is 0 Å². The standard InChI is InChI=1S/C10H16N2O3/c1-3-7(13)6-12-9(14)5-8(10(12)15)11-4-2/h8,11H,3-6H2,1-2H3/t8-/m0/s1. The summed E-state index contributed by atoms with van der Waals surface area (Å²) in [4.78, 5) is 35.3. The first-order valence-electron chi connectivity index (χ1n) is 5.19. The number of nitrogens with one attached hydrogen (secondary N) is 1. The van der Waals surface area contributed by atoms with Crippen molar-refractivity contribution in [1.82, 2.24) is 10.2 Å². The molecule has 0 aromatic rings. The summed E-state index contributed by atoms with van der Waals surface area (Å²) in [6.07, 6.45) is 0.520. The summed E-state index contributed by atoms with van der Waals surface area (Å²) in [6.45, 7) is 4.15. The van der Waals surface area contributed by atoms with Gasteiger partial charge in [-0.15, -0.1) is 0 Å². The number of hydrogen-bond donors (Lipinski definition) is 1. The molecule has 0 unspecified atom stereocenters. The van der Waals surface area contributed by atoms with Crippen LogP contribution in [0.25, 0.3) is 0 Å². The summed E-state index contributed by atoms with van der Waals surface area (Å²) in [5.41, 5.74) is 0. The molecule has 1 heterocycles. The van der Waals surface area contributed by atoms with Gasteiger partial charge in [-0.2, -0.15) is 0 Å². The SMILES string of the molecule is CCN[C@H]1CC(=O)N(CC(=O)CC)C1=O. The molecule has 1 saturated heterocycles. The van der Waals surface area contributed by atoms with Crippen LogP contribution in [0.15, 0.2) is 0 Å². The van der Waals surface area contributed by atoms with Crippen LogP contribution in [0.1, 0.15) is 26.7 Å². The van der Waals surface area contributed by atoms with Gasteiger partial charge in [-0.1, -0.05) is 13.8 Å². The van der Waals surface area contributed by atoms with Crippen LogP contribution >= 0.6 is 0 Å². The minimum absolute atomic E-state index is 0.0734. The Bertz CT molecular complexity index is 288. The molecule has 0 aromatic heterocycles. The van der Waals surface area contributed by atoms with E-state index in [0.717, 1.165) is 4.90 Å². The molecule has 1 rings (SSSR count). The van der Waals surface area contributed by atoms with Crippen LogP contribution in [0.5, 0.6) is 0 Å². The lowest BCUT2D eigenvalue weighted by Crippen LogP contribution is -2.40. The molecule has 1 aliphatic rings. The quantitative estimate of drug-likeness (QED) is 0.635. The van der Waals surface area contributed by atoms with Crippen molar-refractivity contribution < 1.29 is 14.4 Å². The van der Waals surface area contributed by atoms with Gasteiger partial charge in [0.15, 0.2) is 5.78 Å². The van der Waals surface area contributed by atoms with Crippen LogP contribution in [0.4, 0.5) is 0 Å². The summed E-state index contributed by atoms with van der Waals surface area (Å²) >= 11 is 0. The second-order valence-corrected chi connectivity index (χ2v) is 3.52. The van der Waals surface area contributed by atoms with E-state index < -0.39 is 6.04 Å². The largest absolute Gasteiger partial charge is 0.306 e. The van der Waals surface area contributed by atoms with Gasteiger partial charge in [0.05, 0.1) is 19.0 Å². The zero-order chi connectivity index (χ0) is 11.4. The van der Waals surface area contributed by atoms with Crippen LogP contribution in [0.3, 0.4) is 0 Å². The van der Waals surface area contributed by atoms with Gasteiger partial charge in [0.2, 0.25) is 11.8 Å². The number of Topliss-reactive ketones (excluding diaryl/α,β-unsaturated/α-hetero) is 1. The van der Waals surface area contributed by atoms with E-state index in [2.05, 4.69) is 5.32 Å². The van der Waals surface area contributed by atoms with Gasteiger partial charge >= 0.3 is 0 Å². The smallest absolute Gasteiger partial charge is 0.247 e. The molecular weight excluding hydrogens is 196 g/mol. The molecule has 1 atom stereocenters. The van der Waals surface area contributed by atoms with Crippen molar-refractivity contribution in [2.75, 3.05) is 13.1 Å². The molecule has 0 saturated carbocycles. The number of carbonyl (C=O) groups is 3. The van der Waals surface area contributed by atoms with Crippen molar-refractivity contribution in [2.45, 2.75) is 32.7 Å². The number of amides is 2. The van der Waals surface area contributed by atoms with Gasteiger partial charge in [-0.3, -0.25) is 19.3 Å². The van der Waals surface area contributed by atoms with E-state index in [1.54, 1.807) is 6.92 Å². The number of likely N-dealkylation sites (N-methyl/N-ethyl adjacent to an activating group) is 1. The summed E-state index contributed by atoms with van der Waals surface area (Å²) in [5, 5.41) is 2.92. The first kappa shape index (κ1) is 11.8. The summed E-state index contributed by atoms with van der Waals surface area (Å²) in [7, 11) is 0. The minimum Gasteiger partial charge on any atom is -0.306 e. The van der Waals surface area contributed by atoms with Gasteiger partial charge in [0.1, 0.15) is 0 Å². The second kappa shape index (κ2) is 5.02. The molecule has 84 valence electrons. The van der Waals surface area contributed by atoms with Crippen molar-refractivity contribution in [3.63, 3.8) is 0 Å². The Labute approximate surface area is 88.8 Å². The van der Waals surface area contributed by atoms with Gasteiger partial charge in [-0.25, -0.2) is 0 Å². The van der Waals surface area contributed by atoms with Gasteiger partial charge in [-0.05, 0) is 6.54 Å². The maximum absolute atomic E-state index is 11.6. The fourth-order valence-corrected chi connectivity index (χ4v) is 1.54. The van der Waals surface area contributed by atoms with Crippen molar-refractivity contribution in [2.24, 2.45) is 0 Å². The van der Waals surface area contributed by atoms with Crippen LogP contribution in [0.2, 0.25) is 0 Å². The monoisotopic (exact) mass is 212 g/mol. The highest BCUT2D eigenvalue weighted by molar-refractivity contribution is 6.07. The predicted octanol–water partition coefficient (Wildman–Crippen LogP) is -0.298. The van der Waals surface area contributed by atoms with Crippen LogP contribution in [-0.4, -0.2) is 41.6 Å². The molecule has 0 aromatic carbocycles. The van der Waals surface area contributed by atoms with E-state index >= 15 is 0 Å². The Hall–Kier alpha value is -1.23. The average Bonchev–Trinajstić information content (AvgIpc) is 2.46. The number of nitrogens with zero attached hydrogens (tertiary/aromatic N) is 1. The van der Waals surface area contributed by atoms with E-state index in [1.165, 1.54) is 0 Å².